The number of hydrogen-bond donors (Lipinski definition) is 0. The number of pyridine rings is 3. The number of rotatable bonds is 0. The highest BCUT2D eigenvalue weighted by Gasteiger charge is 2.81. The minimum atomic E-state index is -1.27. The summed E-state index contributed by atoms with van der Waals surface area (Å²) in [5.74, 6) is 1.09. The second kappa shape index (κ2) is 6.53. The molecule has 0 bridgehead atoms. The third-order valence-corrected chi connectivity index (χ3v) is 8.18. The molecule has 0 radical (unpaired) electrons. The van der Waals surface area contributed by atoms with Crippen LogP contribution in [0.4, 0.5) is 0 Å². The maximum absolute atomic E-state index is 7.25. The van der Waals surface area contributed by atoms with Gasteiger partial charge in [0, 0.05) is 18.2 Å². The van der Waals surface area contributed by atoms with Crippen LogP contribution in [0.25, 0.3) is 32.7 Å². The zero-order chi connectivity index (χ0) is 24.2. The Morgan fingerprint density at radius 1 is 0.541 bits per heavy atom. The topological polar surface area (TPSA) is 39.3 Å². The summed E-state index contributed by atoms with van der Waals surface area (Å²) in [6, 6.07) is 31.2. The molecule has 176 valence electrons. The van der Waals surface area contributed by atoms with E-state index in [-0.39, 0.29) is 0 Å². The van der Waals surface area contributed by atoms with Crippen LogP contribution in [0.5, 0.6) is 17.2 Å². The first-order valence-electron chi connectivity index (χ1n) is 12.6. The van der Waals surface area contributed by atoms with Crippen LogP contribution in [0.2, 0.25) is 0 Å². The highest BCUT2D eigenvalue weighted by atomic mass is 16.7. The van der Waals surface area contributed by atoms with Crippen LogP contribution < -0.4 is 27.9 Å². The summed E-state index contributed by atoms with van der Waals surface area (Å²) >= 11 is 0. The van der Waals surface area contributed by atoms with Crippen LogP contribution >= 0.6 is 0 Å². The molecule has 3 aliphatic rings. The number of nitrogens with zero attached hydrogens (tertiary/aromatic N) is 3. The van der Waals surface area contributed by atoms with Gasteiger partial charge in [-0.3, -0.25) is 0 Å². The van der Waals surface area contributed by atoms with Crippen molar-refractivity contribution in [2.75, 3.05) is 6.61 Å². The summed E-state index contributed by atoms with van der Waals surface area (Å²) in [6.07, 6.45) is 6.33. The van der Waals surface area contributed by atoms with Crippen LogP contribution in [0, 0.1) is 0 Å². The van der Waals surface area contributed by atoms with Gasteiger partial charge in [-0.05, 0) is 54.6 Å². The molecule has 3 aliphatic heterocycles. The van der Waals surface area contributed by atoms with Gasteiger partial charge in [-0.25, -0.2) is 0 Å². The van der Waals surface area contributed by atoms with Crippen LogP contribution in [0.15, 0.2) is 110 Å². The number of hydrogen-bond acceptors (Lipinski definition) is 3. The van der Waals surface area contributed by atoms with E-state index in [0.717, 1.165) is 50.0 Å². The van der Waals surface area contributed by atoms with Gasteiger partial charge >= 0.3 is 11.4 Å². The van der Waals surface area contributed by atoms with Crippen molar-refractivity contribution in [1.82, 2.24) is 0 Å². The Bertz CT molecular complexity index is 1940. The summed E-state index contributed by atoms with van der Waals surface area (Å²) in [4.78, 5) is 0. The predicted octanol–water partition coefficient (Wildman–Crippen LogP) is 3.89. The first kappa shape index (κ1) is 19.5. The van der Waals surface area contributed by atoms with E-state index in [1.807, 2.05) is 36.4 Å². The summed E-state index contributed by atoms with van der Waals surface area (Å²) < 4.78 is 27.9. The Morgan fingerprint density at radius 3 is 1.81 bits per heavy atom. The SMILES string of the molecule is c1cc2c3c(c1)ccc[n+]3C[C@@]13COc4cccc5ccc[n+](c45)[C@]1(O2)Oc1cccc2ccc[n+]3c12. The largest absolute Gasteiger partial charge is 0.557 e. The van der Waals surface area contributed by atoms with Crippen molar-refractivity contribution in [3.05, 3.63) is 110 Å². The minimum absolute atomic E-state index is 0.350. The lowest BCUT2D eigenvalue weighted by atomic mass is 9.90. The third-order valence-electron chi connectivity index (χ3n) is 8.18. The molecule has 0 saturated heterocycles. The first-order chi connectivity index (χ1) is 18.3. The van der Waals surface area contributed by atoms with Crippen molar-refractivity contribution < 1.29 is 27.9 Å². The average molecular weight is 485 g/mol. The van der Waals surface area contributed by atoms with Crippen LogP contribution in [0.1, 0.15) is 0 Å². The fourth-order valence-electron chi connectivity index (χ4n) is 6.64. The molecule has 0 aliphatic carbocycles. The second-order valence-electron chi connectivity index (χ2n) is 10.1. The van der Waals surface area contributed by atoms with Crippen molar-refractivity contribution in [3.8, 4) is 17.2 Å². The van der Waals surface area contributed by atoms with Crippen LogP contribution in [0.3, 0.4) is 0 Å². The van der Waals surface area contributed by atoms with Gasteiger partial charge in [0.1, 0.15) is 0 Å². The highest BCUT2D eigenvalue weighted by Crippen LogP contribution is 2.46. The third kappa shape index (κ3) is 2.25. The Kier molecular flexibility index (Phi) is 3.44. The van der Waals surface area contributed by atoms with E-state index in [4.69, 9.17) is 14.2 Å². The Morgan fingerprint density at radius 2 is 1.08 bits per heavy atom. The predicted molar refractivity (Wildman–Crippen MR) is 135 cm³/mol. The molecule has 0 saturated carbocycles. The van der Waals surface area contributed by atoms with Crippen LogP contribution in [-0.4, -0.2) is 6.61 Å². The van der Waals surface area contributed by atoms with Gasteiger partial charge in [-0.15, -0.1) is 4.57 Å². The molecule has 3 aromatic heterocycles. The van der Waals surface area contributed by atoms with Crippen molar-refractivity contribution in [1.29, 1.82) is 0 Å². The van der Waals surface area contributed by atoms with Gasteiger partial charge in [0.25, 0.3) is 16.6 Å². The molecular weight excluding hydrogens is 462 g/mol. The molecule has 0 fully saturated rings. The molecule has 6 heteroatoms. The van der Waals surface area contributed by atoms with E-state index < -0.39 is 11.4 Å². The molecule has 6 aromatic rings. The Hall–Kier alpha value is -4.71. The summed E-state index contributed by atoms with van der Waals surface area (Å²) in [6.45, 7) is 0.931. The lowest BCUT2D eigenvalue weighted by Crippen LogP contribution is -2.86. The fourth-order valence-corrected chi connectivity index (χ4v) is 6.64. The smallest absolute Gasteiger partial charge is 0.478 e. The molecular formula is C31H22N3O3+3. The monoisotopic (exact) mass is 484 g/mol. The first-order valence-corrected chi connectivity index (χ1v) is 12.6. The number of benzene rings is 3. The lowest BCUT2D eigenvalue weighted by Gasteiger charge is -2.37. The molecule has 3 aromatic carbocycles. The van der Waals surface area contributed by atoms with Crippen molar-refractivity contribution in [3.63, 3.8) is 0 Å². The molecule has 0 unspecified atom stereocenters. The van der Waals surface area contributed by atoms with Crippen LogP contribution in [-0.2, 0) is 18.0 Å². The van der Waals surface area contributed by atoms with Gasteiger partial charge in [-0.1, -0.05) is 18.2 Å². The highest BCUT2D eigenvalue weighted by molar-refractivity contribution is 5.84. The van der Waals surface area contributed by atoms with Gasteiger partial charge in [-0.2, -0.15) is 9.13 Å². The van der Waals surface area contributed by atoms with Crippen molar-refractivity contribution >= 4 is 32.7 Å². The molecule has 0 amide bonds. The van der Waals surface area contributed by atoms with E-state index in [0.29, 0.717) is 13.2 Å². The normalized spacial score (nSPS) is 22.7. The van der Waals surface area contributed by atoms with E-state index in [1.54, 1.807) is 0 Å². The Labute approximate surface area is 212 Å². The summed E-state index contributed by atoms with van der Waals surface area (Å²) in [5, 5.41) is 3.29. The molecule has 0 N–H and O–H groups in total. The second-order valence-corrected chi connectivity index (χ2v) is 10.1. The average Bonchev–Trinajstić information content (AvgIpc) is 3.13. The van der Waals surface area contributed by atoms with E-state index in [9.17, 15) is 0 Å². The van der Waals surface area contributed by atoms with Gasteiger partial charge in [0.15, 0.2) is 30.9 Å². The van der Waals surface area contributed by atoms with E-state index in [2.05, 4.69) is 86.9 Å². The van der Waals surface area contributed by atoms with Crippen molar-refractivity contribution in [2.45, 2.75) is 18.0 Å². The molecule has 37 heavy (non-hydrogen) atoms. The standard InChI is InChI=1S/C31H22N3O3/c1-8-22-12-6-18-34-28(22)24(13-1)35-20-30-19-32-16-4-10-21-7-2-14-25(27(21)32)36-31(30,34)37-26-15-3-9-23-11-5-17-33(30)29(23)26/h1-18H,19-20H2/q+3/t30-,31-/m1/s1. The number of para-hydroxylation sites is 3. The number of ether oxygens (including phenoxy) is 3. The molecule has 6 heterocycles. The van der Waals surface area contributed by atoms with Gasteiger partial charge in [0.2, 0.25) is 18.0 Å². The lowest BCUT2D eigenvalue weighted by molar-refractivity contribution is -0.938. The summed E-state index contributed by atoms with van der Waals surface area (Å²) in [7, 11) is 0. The molecule has 2 atom stereocenters. The zero-order valence-corrected chi connectivity index (χ0v) is 19.9. The maximum Gasteiger partial charge on any atom is 0.557 e. The maximum atomic E-state index is 7.25. The fraction of sp³-hybridized carbons (Fsp3) is 0.129. The zero-order valence-electron chi connectivity index (χ0n) is 19.9. The minimum Gasteiger partial charge on any atom is -0.478 e. The summed E-state index contributed by atoms with van der Waals surface area (Å²) in [5.41, 5.74) is 2.23. The quantitative estimate of drug-likeness (QED) is 0.307. The molecule has 0 spiro atoms. The van der Waals surface area contributed by atoms with Gasteiger partial charge < -0.3 is 14.2 Å². The van der Waals surface area contributed by atoms with E-state index in [1.165, 1.54) is 0 Å². The molecule has 6 nitrogen and oxygen atoms in total. The Balaban J connectivity index is 1.50. The molecule has 9 rings (SSSR count). The van der Waals surface area contributed by atoms with Crippen molar-refractivity contribution in [2.24, 2.45) is 0 Å². The van der Waals surface area contributed by atoms with Gasteiger partial charge in [0.05, 0.1) is 16.2 Å². The number of aromatic nitrogens is 3. The van der Waals surface area contributed by atoms with E-state index >= 15 is 0 Å².